The first-order chi connectivity index (χ1) is 14.5. The van der Waals surface area contributed by atoms with Gasteiger partial charge >= 0.3 is 0 Å². The van der Waals surface area contributed by atoms with Crippen LogP contribution in [0.15, 0.2) is 18.2 Å². The third-order valence-electron chi connectivity index (χ3n) is 6.70. The standard InChI is InChI=1S/C21H27Cl2N3O4S.ClH/c1-12(2)18-19-17(26(21(18)28)31(3,29)30)7-8-25(19)20(27)13-9-24(10-13)11-14-15(22)5-4-6-16(14)23;/h4-6,12-13,17-19H,7-11H2,1-3H3;1H/t17-,18+,19-;/m0./s1. The quantitative estimate of drug-likeness (QED) is 0.592. The molecule has 32 heavy (non-hydrogen) atoms. The summed E-state index contributed by atoms with van der Waals surface area (Å²) in [5.41, 5.74) is 0.850. The van der Waals surface area contributed by atoms with Crippen LogP contribution in [0.2, 0.25) is 10.0 Å². The number of carbonyl (C=O) groups is 2. The van der Waals surface area contributed by atoms with Crippen LogP contribution in [0.25, 0.3) is 0 Å². The van der Waals surface area contributed by atoms with E-state index in [-0.39, 0.29) is 42.1 Å². The summed E-state index contributed by atoms with van der Waals surface area (Å²) in [7, 11) is -3.67. The van der Waals surface area contributed by atoms with E-state index < -0.39 is 22.0 Å². The molecule has 4 rings (SSSR count). The topological polar surface area (TPSA) is 78.0 Å². The Hall–Kier alpha value is -1.06. The predicted molar refractivity (Wildman–Crippen MR) is 126 cm³/mol. The van der Waals surface area contributed by atoms with E-state index >= 15 is 0 Å². The second-order valence-corrected chi connectivity index (χ2v) is 11.8. The summed E-state index contributed by atoms with van der Waals surface area (Å²) in [6.45, 7) is 6.04. The molecule has 3 fully saturated rings. The first-order valence-electron chi connectivity index (χ1n) is 10.5. The van der Waals surface area contributed by atoms with Gasteiger partial charge in [0.25, 0.3) is 0 Å². The van der Waals surface area contributed by atoms with Gasteiger partial charge in [-0.2, -0.15) is 0 Å². The Balaban J connectivity index is 0.00000289. The predicted octanol–water partition coefficient (Wildman–Crippen LogP) is 2.89. The number of benzene rings is 1. The maximum atomic E-state index is 13.3. The van der Waals surface area contributed by atoms with E-state index in [2.05, 4.69) is 4.90 Å². The Bertz CT molecular complexity index is 993. The summed E-state index contributed by atoms with van der Waals surface area (Å²) in [5, 5.41) is 1.21. The number of carbonyl (C=O) groups excluding carboxylic acids is 2. The maximum Gasteiger partial charge on any atom is 0.241 e. The molecule has 3 aliphatic heterocycles. The smallest absolute Gasteiger partial charge is 0.241 e. The maximum absolute atomic E-state index is 13.3. The lowest BCUT2D eigenvalue weighted by Gasteiger charge is -2.42. The molecule has 2 amide bonds. The highest BCUT2D eigenvalue weighted by Crippen LogP contribution is 2.42. The Morgan fingerprint density at radius 1 is 1.19 bits per heavy atom. The third-order valence-corrected chi connectivity index (χ3v) is 8.57. The van der Waals surface area contributed by atoms with E-state index in [1.165, 1.54) is 0 Å². The van der Waals surface area contributed by atoms with E-state index in [1.807, 2.05) is 13.8 Å². The van der Waals surface area contributed by atoms with Crippen molar-refractivity contribution in [3.8, 4) is 0 Å². The fraction of sp³-hybridized carbons (Fsp3) is 0.619. The van der Waals surface area contributed by atoms with Crippen LogP contribution in [0.5, 0.6) is 0 Å². The second-order valence-electron chi connectivity index (χ2n) is 9.14. The number of halogens is 3. The fourth-order valence-electron chi connectivity index (χ4n) is 5.29. The summed E-state index contributed by atoms with van der Waals surface area (Å²) in [5.74, 6) is -1.10. The van der Waals surface area contributed by atoms with Crippen molar-refractivity contribution in [3.05, 3.63) is 33.8 Å². The van der Waals surface area contributed by atoms with E-state index in [1.54, 1.807) is 23.1 Å². The molecule has 0 spiro atoms. The van der Waals surface area contributed by atoms with Gasteiger partial charge < -0.3 is 4.90 Å². The summed E-state index contributed by atoms with van der Waals surface area (Å²) in [6, 6.07) is 4.55. The van der Waals surface area contributed by atoms with Crippen LogP contribution in [0.3, 0.4) is 0 Å². The molecule has 3 saturated heterocycles. The van der Waals surface area contributed by atoms with Crippen molar-refractivity contribution in [3.63, 3.8) is 0 Å². The van der Waals surface area contributed by atoms with Gasteiger partial charge in [0.2, 0.25) is 21.8 Å². The fourth-order valence-corrected chi connectivity index (χ4v) is 6.97. The molecular formula is C21H28Cl3N3O4S. The van der Waals surface area contributed by atoms with Crippen LogP contribution < -0.4 is 0 Å². The van der Waals surface area contributed by atoms with Gasteiger partial charge in [0.1, 0.15) is 0 Å². The molecule has 0 aromatic heterocycles. The molecular weight excluding hydrogens is 497 g/mol. The highest BCUT2D eigenvalue weighted by atomic mass is 35.5. The number of fused-ring (bicyclic) bond motifs is 1. The van der Waals surface area contributed by atoms with Crippen molar-refractivity contribution in [2.45, 2.75) is 38.9 Å². The monoisotopic (exact) mass is 523 g/mol. The van der Waals surface area contributed by atoms with Crippen LogP contribution in [0.1, 0.15) is 25.8 Å². The highest BCUT2D eigenvalue weighted by Gasteiger charge is 2.59. The third kappa shape index (κ3) is 4.37. The molecule has 178 valence electrons. The lowest BCUT2D eigenvalue weighted by Crippen LogP contribution is -2.56. The number of nitrogens with zero attached hydrogens (tertiary/aromatic N) is 3. The minimum atomic E-state index is -3.67. The molecule has 3 heterocycles. The number of sulfonamides is 1. The van der Waals surface area contributed by atoms with Crippen molar-refractivity contribution >= 4 is 57.4 Å². The van der Waals surface area contributed by atoms with E-state index in [4.69, 9.17) is 23.2 Å². The van der Waals surface area contributed by atoms with Crippen molar-refractivity contribution in [2.75, 3.05) is 25.9 Å². The minimum Gasteiger partial charge on any atom is -0.336 e. The summed E-state index contributed by atoms with van der Waals surface area (Å²) in [4.78, 5) is 30.1. The average molecular weight is 525 g/mol. The largest absolute Gasteiger partial charge is 0.336 e. The van der Waals surface area contributed by atoms with Crippen LogP contribution >= 0.6 is 35.6 Å². The molecule has 0 bridgehead atoms. The average Bonchev–Trinajstić information content (AvgIpc) is 3.14. The molecule has 0 N–H and O–H groups in total. The first-order valence-corrected chi connectivity index (χ1v) is 13.1. The van der Waals surface area contributed by atoms with Gasteiger partial charge in [0.05, 0.1) is 30.2 Å². The first kappa shape index (κ1) is 25.6. The van der Waals surface area contributed by atoms with Crippen LogP contribution in [-0.4, -0.2) is 72.3 Å². The van der Waals surface area contributed by atoms with Crippen molar-refractivity contribution < 1.29 is 18.0 Å². The lowest BCUT2D eigenvalue weighted by molar-refractivity contribution is -0.143. The number of hydrogen-bond donors (Lipinski definition) is 0. The summed E-state index contributed by atoms with van der Waals surface area (Å²) >= 11 is 12.5. The molecule has 1 aromatic carbocycles. The summed E-state index contributed by atoms with van der Waals surface area (Å²) < 4.78 is 25.6. The molecule has 0 unspecified atom stereocenters. The Labute approximate surface area is 205 Å². The highest BCUT2D eigenvalue weighted by molar-refractivity contribution is 7.88. The molecule has 0 saturated carbocycles. The normalized spacial score (nSPS) is 26.3. The summed E-state index contributed by atoms with van der Waals surface area (Å²) in [6.07, 6.45) is 1.56. The van der Waals surface area contributed by atoms with Crippen LogP contribution in [-0.2, 0) is 26.2 Å². The van der Waals surface area contributed by atoms with Crippen molar-refractivity contribution in [1.82, 2.24) is 14.1 Å². The molecule has 0 radical (unpaired) electrons. The Morgan fingerprint density at radius 3 is 2.31 bits per heavy atom. The second kappa shape index (κ2) is 9.29. The van der Waals surface area contributed by atoms with Gasteiger partial charge in [0, 0.05) is 41.8 Å². The van der Waals surface area contributed by atoms with Crippen molar-refractivity contribution in [1.29, 1.82) is 0 Å². The Morgan fingerprint density at radius 2 is 1.78 bits per heavy atom. The van der Waals surface area contributed by atoms with Gasteiger partial charge in [0.15, 0.2) is 0 Å². The molecule has 7 nitrogen and oxygen atoms in total. The SMILES string of the molecule is CC(C)[C@H]1C(=O)N(S(C)(=O)=O)[C@H]2CCN(C(=O)C3CN(Cc4c(Cl)cccc4Cl)C3)[C@H]12.Cl. The van der Waals surface area contributed by atoms with E-state index in [9.17, 15) is 18.0 Å². The number of rotatable bonds is 5. The van der Waals surface area contributed by atoms with E-state index in [0.717, 1.165) is 16.1 Å². The molecule has 0 aliphatic carbocycles. The molecule has 3 atom stereocenters. The van der Waals surface area contributed by atoms with Gasteiger partial charge in [-0.3, -0.25) is 14.5 Å². The number of likely N-dealkylation sites (tertiary alicyclic amines) is 2. The zero-order chi connectivity index (χ0) is 22.7. The lowest BCUT2D eigenvalue weighted by atomic mass is 9.87. The van der Waals surface area contributed by atoms with Gasteiger partial charge in [-0.1, -0.05) is 43.1 Å². The van der Waals surface area contributed by atoms with Crippen LogP contribution in [0.4, 0.5) is 0 Å². The van der Waals surface area contributed by atoms with E-state index in [0.29, 0.717) is 42.6 Å². The zero-order valence-corrected chi connectivity index (χ0v) is 21.3. The van der Waals surface area contributed by atoms with Crippen molar-refractivity contribution in [2.24, 2.45) is 17.8 Å². The molecule has 3 aliphatic rings. The number of hydrogen-bond acceptors (Lipinski definition) is 5. The minimum absolute atomic E-state index is 0. The molecule has 1 aromatic rings. The van der Waals surface area contributed by atoms with Gasteiger partial charge in [-0.05, 0) is 24.5 Å². The van der Waals surface area contributed by atoms with Crippen LogP contribution in [0, 0.1) is 17.8 Å². The Kier molecular flexibility index (Phi) is 7.42. The zero-order valence-electron chi connectivity index (χ0n) is 18.2. The molecule has 11 heteroatoms. The number of amides is 2. The van der Waals surface area contributed by atoms with Gasteiger partial charge in [-0.15, -0.1) is 12.4 Å². The van der Waals surface area contributed by atoms with Gasteiger partial charge in [-0.25, -0.2) is 12.7 Å².